The molecule has 0 fully saturated rings. The Morgan fingerprint density at radius 1 is 0.929 bits per heavy atom. The predicted molar refractivity (Wildman–Crippen MR) is 172 cm³/mol. The summed E-state index contributed by atoms with van der Waals surface area (Å²) in [4.78, 5) is 19.5. The summed E-state index contributed by atoms with van der Waals surface area (Å²) in [5, 5.41) is 11.1. The molecular weight excluding hydrogens is 538 g/mol. The van der Waals surface area contributed by atoms with Crippen LogP contribution in [0.25, 0.3) is 22.3 Å². The van der Waals surface area contributed by atoms with Crippen molar-refractivity contribution < 1.29 is 4.79 Å². The molecule has 0 radical (unpaired) electrons. The van der Waals surface area contributed by atoms with Crippen LogP contribution >= 0.6 is 11.8 Å². The highest BCUT2D eigenvalue weighted by atomic mass is 32.2. The molecule has 1 aliphatic carbocycles. The largest absolute Gasteiger partial charge is 0.332 e. The number of carbonyl (C=O) groups excluding carboxylic acids is 1. The third-order valence-corrected chi connectivity index (χ3v) is 10.3. The zero-order valence-electron chi connectivity index (χ0n) is 25.5. The molecule has 0 bridgehead atoms. The fourth-order valence-corrected chi connectivity index (χ4v) is 7.60. The number of aromatic nitrogens is 4. The fourth-order valence-electron chi connectivity index (χ4n) is 6.69. The summed E-state index contributed by atoms with van der Waals surface area (Å²) in [5.41, 5.74) is 8.21. The Morgan fingerprint density at radius 2 is 1.71 bits per heavy atom. The number of benzene rings is 2. The summed E-state index contributed by atoms with van der Waals surface area (Å²) in [7, 11) is 2.06. The van der Waals surface area contributed by atoms with Gasteiger partial charge in [0.25, 0.3) is 5.91 Å². The van der Waals surface area contributed by atoms with Gasteiger partial charge in [-0.25, -0.2) is 0 Å². The average Bonchev–Trinajstić information content (AvgIpc) is 3.43. The number of hydrogen-bond donors (Lipinski definition) is 0. The Balaban J connectivity index is 0.932. The van der Waals surface area contributed by atoms with Crippen LogP contribution in [0, 0.1) is 12.8 Å². The molecular formula is C35H43N5OS. The lowest BCUT2D eigenvalue weighted by Crippen LogP contribution is -2.30. The number of amides is 1. The number of hydrogen-bond acceptors (Lipinski definition) is 5. The van der Waals surface area contributed by atoms with Gasteiger partial charge in [-0.3, -0.25) is 9.78 Å². The molecule has 0 saturated carbocycles. The van der Waals surface area contributed by atoms with Crippen molar-refractivity contribution in [1.82, 2.24) is 24.6 Å². The van der Waals surface area contributed by atoms with Crippen LogP contribution in [0.2, 0.25) is 0 Å². The van der Waals surface area contributed by atoms with Gasteiger partial charge in [0, 0.05) is 47.6 Å². The smallest absolute Gasteiger partial charge is 0.254 e. The molecule has 2 aromatic carbocycles. The highest BCUT2D eigenvalue weighted by molar-refractivity contribution is 7.99. The second kappa shape index (κ2) is 12.6. The number of rotatable bonds is 10. The average molecular weight is 582 g/mol. The second-order valence-electron chi connectivity index (χ2n) is 12.5. The van der Waals surface area contributed by atoms with Crippen molar-refractivity contribution in [3.05, 3.63) is 70.4 Å². The van der Waals surface area contributed by atoms with Gasteiger partial charge in [-0.15, -0.1) is 10.2 Å². The first-order valence-electron chi connectivity index (χ1n) is 15.7. The standard InChI is InChI=1S/C35H43N5OS/c1-23(2)40-22-28-20-26-16-14-25(15-17-27(26)21-31(28)34(40)41)10-7-5-6-8-19-42-35-38-37-33(39(35)4)30-11-9-12-32-29(30)18-13-24(3)36-32/h9,11-13,18,20-21,23,25H,5-8,10,14-17,19,22H2,1-4H3/t25-/m1/s1. The maximum atomic E-state index is 12.8. The van der Waals surface area contributed by atoms with Crippen molar-refractivity contribution in [1.29, 1.82) is 0 Å². The molecule has 0 spiro atoms. The van der Waals surface area contributed by atoms with E-state index in [1.807, 2.05) is 29.7 Å². The first-order valence-corrected chi connectivity index (χ1v) is 16.7. The molecule has 2 aliphatic rings. The van der Waals surface area contributed by atoms with Crippen LogP contribution in [-0.2, 0) is 26.4 Å². The predicted octanol–water partition coefficient (Wildman–Crippen LogP) is 7.94. The van der Waals surface area contributed by atoms with Crippen LogP contribution in [0.1, 0.15) is 91.5 Å². The number of fused-ring (bicyclic) bond motifs is 3. The van der Waals surface area contributed by atoms with E-state index in [1.54, 1.807) is 0 Å². The van der Waals surface area contributed by atoms with E-state index in [0.29, 0.717) is 0 Å². The molecule has 1 aliphatic heterocycles. The lowest BCUT2D eigenvalue weighted by atomic mass is 9.93. The third-order valence-electron chi connectivity index (χ3n) is 9.21. The van der Waals surface area contributed by atoms with Crippen molar-refractivity contribution in [3.8, 4) is 11.4 Å². The van der Waals surface area contributed by atoms with Gasteiger partial charge in [-0.2, -0.15) is 0 Å². The lowest BCUT2D eigenvalue weighted by molar-refractivity contribution is 0.0730. The molecule has 4 aromatic rings. The summed E-state index contributed by atoms with van der Waals surface area (Å²) in [5.74, 6) is 2.99. The van der Waals surface area contributed by atoms with Gasteiger partial charge in [0.15, 0.2) is 11.0 Å². The Hall–Kier alpha value is -3.19. The second-order valence-corrected chi connectivity index (χ2v) is 13.6. The molecule has 7 heteroatoms. The normalized spacial score (nSPS) is 16.7. The number of pyridine rings is 1. The van der Waals surface area contributed by atoms with Crippen molar-refractivity contribution in [3.63, 3.8) is 0 Å². The lowest BCUT2D eigenvalue weighted by Gasteiger charge is -2.19. The van der Waals surface area contributed by atoms with E-state index in [4.69, 9.17) is 0 Å². The van der Waals surface area contributed by atoms with Crippen LogP contribution in [0.3, 0.4) is 0 Å². The van der Waals surface area contributed by atoms with Gasteiger partial charge in [0.05, 0.1) is 5.52 Å². The first-order chi connectivity index (χ1) is 20.4. The number of carbonyl (C=O) groups is 1. The molecule has 3 heterocycles. The van der Waals surface area contributed by atoms with Crippen LogP contribution in [0.15, 0.2) is 47.6 Å². The Kier molecular flexibility index (Phi) is 8.66. The van der Waals surface area contributed by atoms with E-state index < -0.39 is 0 Å². The minimum atomic E-state index is 0.221. The minimum absolute atomic E-state index is 0.221. The van der Waals surface area contributed by atoms with E-state index in [1.165, 1.54) is 61.6 Å². The Morgan fingerprint density at radius 3 is 2.52 bits per heavy atom. The molecule has 0 N–H and O–H groups in total. The molecule has 1 atom stereocenters. The maximum absolute atomic E-state index is 12.8. The number of unbranched alkanes of at least 4 members (excludes halogenated alkanes) is 3. The van der Waals surface area contributed by atoms with Crippen molar-refractivity contribution in [2.24, 2.45) is 13.0 Å². The highest BCUT2D eigenvalue weighted by Gasteiger charge is 2.30. The molecule has 1 amide bonds. The SMILES string of the molecule is Cc1ccc2c(-c3nnc(SCCCCCC[C@@H]4CCc5cc6c(cc5CC4)C(=O)N(C(C)C)C6)n3C)cccc2n1. The molecule has 0 unspecified atom stereocenters. The minimum Gasteiger partial charge on any atom is -0.332 e. The Bertz CT molecular complexity index is 1590. The summed E-state index contributed by atoms with van der Waals surface area (Å²) in [6, 6.07) is 15.3. The van der Waals surface area contributed by atoms with Gasteiger partial charge in [0.2, 0.25) is 0 Å². The highest BCUT2D eigenvalue weighted by Crippen LogP contribution is 2.34. The van der Waals surface area contributed by atoms with Gasteiger partial charge >= 0.3 is 0 Å². The monoisotopic (exact) mass is 581 g/mol. The maximum Gasteiger partial charge on any atom is 0.254 e. The van der Waals surface area contributed by atoms with E-state index in [9.17, 15) is 4.79 Å². The van der Waals surface area contributed by atoms with Crippen molar-refractivity contribution in [2.45, 2.75) is 96.3 Å². The van der Waals surface area contributed by atoms with Gasteiger partial charge in [-0.1, -0.05) is 61.7 Å². The third kappa shape index (κ3) is 5.98. The van der Waals surface area contributed by atoms with Crippen molar-refractivity contribution in [2.75, 3.05) is 5.75 Å². The fraction of sp³-hybridized carbons (Fsp3) is 0.486. The molecule has 42 heavy (non-hydrogen) atoms. The van der Waals surface area contributed by atoms with Gasteiger partial charge in [0.1, 0.15) is 0 Å². The van der Waals surface area contributed by atoms with Crippen LogP contribution in [0.5, 0.6) is 0 Å². The summed E-state index contributed by atoms with van der Waals surface area (Å²) in [6.07, 6.45) is 11.2. The van der Waals surface area contributed by atoms with Gasteiger partial charge < -0.3 is 9.47 Å². The summed E-state index contributed by atoms with van der Waals surface area (Å²) < 4.78 is 2.12. The van der Waals surface area contributed by atoms with E-state index in [2.05, 4.69) is 77.0 Å². The number of thioether (sulfide) groups is 1. The number of aryl methyl sites for hydroxylation is 3. The van der Waals surface area contributed by atoms with Crippen LogP contribution < -0.4 is 0 Å². The van der Waals surface area contributed by atoms with Crippen molar-refractivity contribution >= 4 is 28.6 Å². The first kappa shape index (κ1) is 28.9. The van der Waals surface area contributed by atoms with E-state index >= 15 is 0 Å². The molecule has 220 valence electrons. The van der Waals surface area contributed by atoms with Crippen LogP contribution in [-0.4, -0.2) is 42.4 Å². The van der Waals surface area contributed by atoms with E-state index in [0.717, 1.165) is 69.8 Å². The topological polar surface area (TPSA) is 63.9 Å². The molecule has 2 aromatic heterocycles. The van der Waals surface area contributed by atoms with Gasteiger partial charge in [-0.05, 0) is 93.7 Å². The molecule has 6 rings (SSSR count). The zero-order valence-corrected chi connectivity index (χ0v) is 26.3. The molecule has 6 nitrogen and oxygen atoms in total. The number of nitrogens with zero attached hydrogens (tertiary/aromatic N) is 5. The zero-order chi connectivity index (χ0) is 29.2. The Labute approximate surface area is 254 Å². The quantitative estimate of drug-likeness (QED) is 0.108. The summed E-state index contributed by atoms with van der Waals surface area (Å²) in [6.45, 7) is 7.02. The summed E-state index contributed by atoms with van der Waals surface area (Å²) >= 11 is 1.81. The van der Waals surface area contributed by atoms with E-state index in [-0.39, 0.29) is 11.9 Å². The van der Waals surface area contributed by atoms with Crippen LogP contribution in [0.4, 0.5) is 0 Å². The molecule has 0 saturated heterocycles.